The molecule has 0 radical (unpaired) electrons. The molecule has 0 bridgehead atoms. The van der Waals surface area contributed by atoms with E-state index in [0.29, 0.717) is 3.57 Å². The van der Waals surface area contributed by atoms with Crippen LogP contribution in [0.5, 0.6) is 0 Å². The average Bonchev–Trinajstić information content (AvgIpc) is 2.15. The van der Waals surface area contributed by atoms with Crippen LogP contribution >= 0.6 is 22.6 Å². The van der Waals surface area contributed by atoms with Crippen LogP contribution in [0.3, 0.4) is 0 Å². The lowest BCUT2D eigenvalue weighted by molar-refractivity contribution is -0.385. The smallest absolute Gasteiger partial charge is 0.282 e. The molecule has 6 heteroatoms. The van der Waals surface area contributed by atoms with Gasteiger partial charge >= 0.3 is 0 Å². The quantitative estimate of drug-likeness (QED) is 0.363. The van der Waals surface area contributed by atoms with Gasteiger partial charge in [-0.2, -0.15) is 5.26 Å². The highest BCUT2D eigenvalue weighted by molar-refractivity contribution is 14.1. The summed E-state index contributed by atoms with van der Waals surface area (Å²) in [6.45, 7) is 1.20. The number of hydrogen-bond donors (Lipinski definition) is 0. The number of benzene rings is 1. The van der Waals surface area contributed by atoms with Gasteiger partial charge in [-0.25, -0.2) is 0 Å². The maximum atomic E-state index is 11.2. The Bertz CT molecular complexity index is 491. The molecule has 0 spiro atoms. The number of nitriles is 1. The van der Waals surface area contributed by atoms with Crippen molar-refractivity contribution in [2.75, 3.05) is 0 Å². The molecule has 0 saturated heterocycles. The molecule has 1 rings (SSSR count). The van der Waals surface area contributed by atoms with Gasteiger partial charge in [-0.15, -0.1) is 0 Å². The van der Waals surface area contributed by atoms with Crippen molar-refractivity contribution in [2.45, 2.75) is 6.92 Å². The fourth-order valence-electron chi connectivity index (χ4n) is 1.19. The minimum atomic E-state index is -0.653. The van der Waals surface area contributed by atoms with Crippen molar-refractivity contribution in [3.8, 4) is 6.07 Å². The van der Waals surface area contributed by atoms with Gasteiger partial charge < -0.3 is 0 Å². The second-order valence-electron chi connectivity index (χ2n) is 2.77. The second-order valence-corrected chi connectivity index (χ2v) is 4.02. The lowest BCUT2D eigenvalue weighted by Crippen LogP contribution is -2.04. The van der Waals surface area contributed by atoms with Gasteiger partial charge in [-0.05, 0) is 35.6 Å². The Kier molecular flexibility index (Phi) is 3.36. The van der Waals surface area contributed by atoms with E-state index in [4.69, 9.17) is 5.26 Å². The molecule has 1 aromatic carbocycles. The van der Waals surface area contributed by atoms with Crippen LogP contribution in [0.1, 0.15) is 22.8 Å². The van der Waals surface area contributed by atoms with E-state index in [1.807, 2.05) is 22.6 Å². The van der Waals surface area contributed by atoms with E-state index in [0.717, 1.165) is 0 Å². The Morgan fingerprint density at radius 2 is 2.20 bits per heavy atom. The minimum absolute atomic E-state index is 0.0427. The van der Waals surface area contributed by atoms with Crippen LogP contribution < -0.4 is 0 Å². The van der Waals surface area contributed by atoms with E-state index in [1.165, 1.54) is 19.1 Å². The number of nitro groups is 1. The van der Waals surface area contributed by atoms with Crippen LogP contribution in [0.15, 0.2) is 12.1 Å². The number of Topliss-reactive ketones (excluding diaryl/α,β-unsaturated/α-hetero) is 1. The fraction of sp³-hybridized carbons (Fsp3) is 0.111. The van der Waals surface area contributed by atoms with Gasteiger partial charge in [-0.3, -0.25) is 14.9 Å². The molecule has 0 atom stereocenters. The van der Waals surface area contributed by atoms with Crippen molar-refractivity contribution in [1.82, 2.24) is 0 Å². The van der Waals surface area contributed by atoms with Crippen LogP contribution in [0.4, 0.5) is 5.69 Å². The number of carbonyl (C=O) groups is 1. The normalized spacial score (nSPS) is 9.40. The van der Waals surface area contributed by atoms with E-state index >= 15 is 0 Å². The molecule has 0 aromatic heterocycles. The van der Waals surface area contributed by atoms with Crippen LogP contribution in [0.25, 0.3) is 0 Å². The SMILES string of the molecule is CC(=O)c1c(C#N)cc(I)cc1[N+](=O)[O-]. The average molecular weight is 316 g/mol. The summed E-state index contributed by atoms with van der Waals surface area (Å²) in [5.41, 5.74) is -0.394. The first-order chi connectivity index (χ1) is 6.97. The third-order valence-corrected chi connectivity index (χ3v) is 2.37. The van der Waals surface area contributed by atoms with Crippen molar-refractivity contribution in [2.24, 2.45) is 0 Å². The molecule has 0 saturated carbocycles. The summed E-state index contributed by atoms with van der Waals surface area (Å²) in [7, 11) is 0. The largest absolute Gasteiger partial charge is 0.294 e. The lowest BCUT2D eigenvalue weighted by atomic mass is 10.0. The van der Waals surface area contributed by atoms with Crippen LogP contribution in [-0.4, -0.2) is 10.7 Å². The Labute approximate surface area is 99.0 Å². The first-order valence-corrected chi connectivity index (χ1v) is 4.94. The Morgan fingerprint density at radius 1 is 1.60 bits per heavy atom. The number of nitro benzene ring substituents is 1. The number of carbonyl (C=O) groups excluding carboxylic acids is 1. The van der Waals surface area contributed by atoms with Crippen LogP contribution in [0.2, 0.25) is 0 Å². The standard InChI is InChI=1S/C9H5IN2O3/c1-5(13)9-6(4-11)2-7(10)3-8(9)12(14)15/h2-3H,1H3. The summed E-state index contributed by atoms with van der Waals surface area (Å²) in [6, 6.07) is 4.51. The highest BCUT2D eigenvalue weighted by Crippen LogP contribution is 2.25. The van der Waals surface area contributed by atoms with Crippen LogP contribution in [0, 0.1) is 25.0 Å². The molecular weight excluding hydrogens is 311 g/mol. The van der Waals surface area contributed by atoms with E-state index in [1.54, 1.807) is 6.07 Å². The molecule has 76 valence electrons. The Hall–Kier alpha value is -1.49. The second kappa shape index (κ2) is 4.35. The Morgan fingerprint density at radius 3 is 2.60 bits per heavy atom. The highest BCUT2D eigenvalue weighted by atomic mass is 127. The molecule has 0 amide bonds. The third kappa shape index (κ3) is 2.30. The Balaban J connectivity index is 3.64. The molecule has 5 nitrogen and oxygen atoms in total. The predicted octanol–water partition coefficient (Wildman–Crippen LogP) is 2.27. The molecular formula is C9H5IN2O3. The van der Waals surface area contributed by atoms with E-state index in [9.17, 15) is 14.9 Å². The van der Waals surface area contributed by atoms with E-state index in [-0.39, 0.29) is 16.8 Å². The molecule has 0 fully saturated rings. The minimum Gasteiger partial charge on any atom is -0.294 e. The lowest BCUT2D eigenvalue weighted by Gasteiger charge is -2.01. The zero-order valence-electron chi connectivity index (χ0n) is 7.65. The van der Waals surface area contributed by atoms with Gasteiger partial charge in [0.05, 0.1) is 10.5 Å². The first-order valence-electron chi connectivity index (χ1n) is 3.86. The topological polar surface area (TPSA) is 84.0 Å². The van der Waals surface area contributed by atoms with Gasteiger partial charge in [0.1, 0.15) is 11.6 Å². The number of halogens is 1. The van der Waals surface area contributed by atoms with E-state index in [2.05, 4.69) is 0 Å². The summed E-state index contributed by atoms with van der Waals surface area (Å²) < 4.78 is 0.556. The molecule has 0 N–H and O–H groups in total. The maximum absolute atomic E-state index is 11.2. The molecule has 0 aliphatic carbocycles. The number of rotatable bonds is 2. The van der Waals surface area contributed by atoms with Crippen molar-refractivity contribution < 1.29 is 9.72 Å². The first kappa shape index (κ1) is 11.6. The van der Waals surface area contributed by atoms with E-state index < -0.39 is 10.7 Å². The zero-order chi connectivity index (χ0) is 11.6. The fourth-order valence-corrected chi connectivity index (χ4v) is 1.80. The summed E-state index contributed by atoms with van der Waals surface area (Å²) in [6.07, 6.45) is 0. The van der Waals surface area contributed by atoms with Crippen molar-refractivity contribution in [1.29, 1.82) is 5.26 Å². The molecule has 0 heterocycles. The molecule has 0 aliphatic heterocycles. The zero-order valence-corrected chi connectivity index (χ0v) is 9.81. The third-order valence-electron chi connectivity index (χ3n) is 1.75. The van der Waals surface area contributed by atoms with Crippen molar-refractivity contribution in [3.05, 3.63) is 36.9 Å². The molecule has 0 unspecified atom stereocenters. The number of ketones is 1. The van der Waals surface area contributed by atoms with Crippen molar-refractivity contribution >= 4 is 34.1 Å². The summed E-state index contributed by atoms with van der Waals surface area (Å²) in [5, 5.41) is 19.5. The van der Waals surface area contributed by atoms with Gasteiger partial charge in [0.25, 0.3) is 5.69 Å². The molecule has 15 heavy (non-hydrogen) atoms. The monoisotopic (exact) mass is 316 g/mol. The predicted molar refractivity (Wildman–Crippen MR) is 60.5 cm³/mol. The van der Waals surface area contributed by atoms with Gasteiger partial charge in [0, 0.05) is 9.64 Å². The van der Waals surface area contributed by atoms with Gasteiger partial charge in [-0.1, -0.05) is 0 Å². The number of hydrogen-bond acceptors (Lipinski definition) is 4. The van der Waals surface area contributed by atoms with Crippen LogP contribution in [-0.2, 0) is 0 Å². The van der Waals surface area contributed by atoms with Gasteiger partial charge in [0.2, 0.25) is 0 Å². The summed E-state index contributed by atoms with van der Waals surface area (Å²) in [5.74, 6) is -0.477. The molecule has 0 aliphatic rings. The molecule has 1 aromatic rings. The van der Waals surface area contributed by atoms with Gasteiger partial charge in [0.15, 0.2) is 5.78 Å². The van der Waals surface area contributed by atoms with Crippen molar-refractivity contribution in [3.63, 3.8) is 0 Å². The summed E-state index contributed by atoms with van der Waals surface area (Å²) in [4.78, 5) is 21.2. The maximum Gasteiger partial charge on any atom is 0.282 e. The number of nitrogens with zero attached hydrogens (tertiary/aromatic N) is 2. The highest BCUT2D eigenvalue weighted by Gasteiger charge is 2.22. The summed E-state index contributed by atoms with van der Waals surface area (Å²) >= 11 is 1.86.